The molecule has 1 aromatic carbocycles. The molecule has 2 N–H and O–H groups in total. The second-order valence-electron chi connectivity index (χ2n) is 5.34. The molecule has 0 aliphatic carbocycles. The zero-order chi connectivity index (χ0) is 17.6. The fourth-order valence-corrected chi connectivity index (χ4v) is 3.03. The van der Waals surface area contributed by atoms with Gasteiger partial charge < -0.3 is 10.3 Å². The van der Waals surface area contributed by atoms with Gasteiger partial charge in [0.15, 0.2) is 0 Å². The van der Waals surface area contributed by atoms with E-state index in [-0.39, 0.29) is 11.0 Å². The van der Waals surface area contributed by atoms with E-state index in [2.05, 4.69) is 20.1 Å². The van der Waals surface area contributed by atoms with Crippen LogP contribution in [0.2, 0.25) is 5.02 Å². The molecule has 9 heteroatoms. The van der Waals surface area contributed by atoms with Crippen molar-refractivity contribution in [2.75, 3.05) is 5.73 Å². The number of aromatic nitrogens is 6. The van der Waals surface area contributed by atoms with Crippen LogP contribution in [0.4, 0.5) is 10.3 Å². The van der Waals surface area contributed by atoms with Crippen molar-refractivity contribution >= 4 is 28.6 Å². The fourth-order valence-electron chi connectivity index (χ4n) is 2.85. The van der Waals surface area contributed by atoms with E-state index in [9.17, 15) is 4.39 Å². The fraction of sp³-hybridized carbons (Fsp3) is 0.125. The average Bonchev–Trinajstić information content (AvgIpc) is 3.19. The van der Waals surface area contributed by atoms with Crippen molar-refractivity contribution in [3.8, 4) is 17.1 Å². The van der Waals surface area contributed by atoms with Gasteiger partial charge in [0.1, 0.15) is 17.7 Å². The molecule has 0 aliphatic heterocycles. The molecule has 3 heterocycles. The zero-order valence-electron chi connectivity index (χ0n) is 13.2. The van der Waals surface area contributed by atoms with Crippen molar-refractivity contribution in [3.63, 3.8) is 0 Å². The quantitative estimate of drug-likeness (QED) is 0.608. The number of nitrogens with two attached hydrogens (primary N) is 1. The Morgan fingerprint density at radius 2 is 2.08 bits per heavy atom. The minimum atomic E-state index is -0.496. The Labute approximate surface area is 146 Å². The molecule has 0 bridgehead atoms. The molecule has 0 amide bonds. The van der Waals surface area contributed by atoms with Crippen molar-refractivity contribution in [2.45, 2.75) is 13.5 Å². The molecular formula is C16H13ClFN7. The lowest BCUT2D eigenvalue weighted by Crippen LogP contribution is -2.10. The van der Waals surface area contributed by atoms with Crippen LogP contribution in [0.3, 0.4) is 0 Å². The monoisotopic (exact) mass is 357 g/mol. The van der Waals surface area contributed by atoms with Crippen LogP contribution in [0.1, 0.15) is 6.92 Å². The van der Waals surface area contributed by atoms with Gasteiger partial charge in [0.2, 0.25) is 11.9 Å². The molecule has 0 unspecified atom stereocenters. The van der Waals surface area contributed by atoms with Crippen LogP contribution in [0.5, 0.6) is 0 Å². The first-order chi connectivity index (χ1) is 12.1. The van der Waals surface area contributed by atoms with Crippen molar-refractivity contribution in [3.05, 3.63) is 47.8 Å². The minimum absolute atomic E-state index is 0.0535. The standard InChI is InChI=1S/C16H13ClFN7/c1-2-24-14-10(9-4-3-5-11(17)13(9)18)6-20-7-12(14)23-16(24)25-15(19)21-8-22-25/h3-8H,2H2,1H3,(H2,19,21,22). The molecule has 0 radical (unpaired) electrons. The van der Waals surface area contributed by atoms with Gasteiger partial charge in [-0.05, 0) is 13.0 Å². The third-order valence-corrected chi connectivity index (χ3v) is 4.24. The molecule has 0 fully saturated rings. The zero-order valence-corrected chi connectivity index (χ0v) is 13.9. The van der Waals surface area contributed by atoms with E-state index in [0.29, 0.717) is 29.1 Å². The molecular weight excluding hydrogens is 345 g/mol. The SMILES string of the molecule is CCn1c(-n2ncnc2N)nc2cncc(-c3cccc(Cl)c3F)c21. The highest BCUT2D eigenvalue weighted by atomic mass is 35.5. The van der Waals surface area contributed by atoms with Gasteiger partial charge in [0, 0.05) is 23.9 Å². The minimum Gasteiger partial charge on any atom is -0.368 e. The highest BCUT2D eigenvalue weighted by molar-refractivity contribution is 6.31. The molecule has 0 atom stereocenters. The maximum atomic E-state index is 14.6. The molecule has 0 saturated heterocycles. The summed E-state index contributed by atoms with van der Waals surface area (Å²) in [6.45, 7) is 2.53. The summed E-state index contributed by atoms with van der Waals surface area (Å²) in [6, 6.07) is 4.86. The first kappa shape index (κ1) is 15.5. The molecule has 0 saturated carbocycles. The van der Waals surface area contributed by atoms with E-state index >= 15 is 0 Å². The Morgan fingerprint density at radius 1 is 1.24 bits per heavy atom. The molecule has 0 aliphatic rings. The van der Waals surface area contributed by atoms with Crippen LogP contribution >= 0.6 is 11.6 Å². The largest absolute Gasteiger partial charge is 0.368 e. The van der Waals surface area contributed by atoms with Crippen molar-refractivity contribution in [1.82, 2.24) is 29.3 Å². The van der Waals surface area contributed by atoms with Crippen molar-refractivity contribution in [2.24, 2.45) is 0 Å². The van der Waals surface area contributed by atoms with Gasteiger partial charge in [0.05, 0.1) is 16.7 Å². The summed E-state index contributed by atoms with van der Waals surface area (Å²) in [4.78, 5) is 12.7. The number of rotatable bonds is 3. The third-order valence-electron chi connectivity index (χ3n) is 3.95. The van der Waals surface area contributed by atoms with Gasteiger partial charge in [-0.15, -0.1) is 0 Å². The van der Waals surface area contributed by atoms with E-state index in [4.69, 9.17) is 17.3 Å². The number of aryl methyl sites for hydroxylation is 1. The summed E-state index contributed by atoms with van der Waals surface area (Å²) in [5.74, 6) is 0.210. The number of benzene rings is 1. The number of nitrogens with zero attached hydrogens (tertiary/aromatic N) is 6. The van der Waals surface area contributed by atoms with Gasteiger partial charge in [-0.2, -0.15) is 14.8 Å². The first-order valence-corrected chi connectivity index (χ1v) is 7.94. The molecule has 7 nitrogen and oxygen atoms in total. The van der Waals surface area contributed by atoms with Gasteiger partial charge in [-0.25, -0.2) is 9.37 Å². The second-order valence-corrected chi connectivity index (χ2v) is 5.75. The lowest BCUT2D eigenvalue weighted by Gasteiger charge is -2.10. The van der Waals surface area contributed by atoms with Crippen LogP contribution < -0.4 is 5.73 Å². The van der Waals surface area contributed by atoms with Gasteiger partial charge in [0.25, 0.3) is 0 Å². The Bertz CT molecular complexity index is 1090. The third kappa shape index (κ3) is 2.33. The van der Waals surface area contributed by atoms with Gasteiger partial charge in [-0.3, -0.25) is 4.98 Å². The Kier molecular flexibility index (Phi) is 3.61. The molecule has 4 rings (SSSR count). The number of hydrogen-bond acceptors (Lipinski definition) is 5. The molecule has 4 aromatic rings. The maximum absolute atomic E-state index is 14.6. The van der Waals surface area contributed by atoms with E-state index in [1.165, 1.54) is 17.1 Å². The average molecular weight is 358 g/mol. The normalized spacial score (nSPS) is 11.3. The molecule has 25 heavy (non-hydrogen) atoms. The summed E-state index contributed by atoms with van der Waals surface area (Å²) < 4.78 is 17.9. The van der Waals surface area contributed by atoms with Crippen LogP contribution in [0, 0.1) is 5.82 Å². The van der Waals surface area contributed by atoms with Crippen molar-refractivity contribution < 1.29 is 4.39 Å². The summed E-state index contributed by atoms with van der Waals surface area (Å²) in [7, 11) is 0. The molecule has 3 aromatic heterocycles. The number of hydrogen-bond donors (Lipinski definition) is 1. The smallest absolute Gasteiger partial charge is 0.235 e. The Morgan fingerprint density at radius 3 is 2.80 bits per heavy atom. The van der Waals surface area contributed by atoms with Crippen LogP contribution in [-0.2, 0) is 6.54 Å². The summed E-state index contributed by atoms with van der Waals surface area (Å²) in [6.07, 6.45) is 4.56. The lowest BCUT2D eigenvalue weighted by molar-refractivity contribution is 0.631. The van der Waals surface area contributed by atoms with Crippen LogP contribution in [-0.4, -0.2) is 29.3 Å². The molecule has 126 valence electrons. The van der Waals surface area contributed by atoms with Gasteiger partial charge in [-0.1, -0.05) is 23.7 Å². The predicted octanol–water partition coefficient (Wildman–Crippen LogP) is 3.07. The summed E-state index contributed by atoms with van der Waals surface area (Å²) >= 11 is 5.94. The molecule has 0 spiro atoms. The number of anilines is 1. The number of fused-ring (bicyclic) bond motifs is 1. The lowest BCUT2D eigenvalue weighted by atomic mass is 10.1. The Hall–Kier alpha value is -3.00. The van der Waals surface area contributed by atoms with Crippen LogP contribution in [0.15, 0.2) is 36.9 Å². The van der Waals surface area contributed by atoms with Crippen LogP contribution in [0.25, 0.3) is 28.1 Å². The number of nitrogen functional groups attached to an aromatic ring is 1. The number of halogens is 2. The Balaban J connectivity index is 2.06. The number of imidazole rings is 1. The highest BCUT2D eigenvalue weighted by Gasteiger charge is 2.20. The number of pyridine rings is 1. The van der Waals surface area contributed by atoms with E-state index < -0.39 is 5.82 Å². The maximum Gasteiger partial charge on any atom is 0.235 e. The van der Waals surface area contributed by atoms with Crippen molar-refractivity contribution in [1.29, 1.82) is 0 Å². The van der Waals surface area contributed by atoms with E-state index in [1.807, 2.05) is 11.5 Å². The van der Waals surface area contributed by atoms with Gasteiger partial charge >= 0.3 is 0 Å². The summed E-state index contributed by atoms with van der Waals surface area (Å²) in [5.41, 5.74) is 8.13. The highest BCUT2D eigenvalue weighted by Crippen LogP contribution is 2.33. The first-order valence-electron chi connectivity index (χ1n) is 7.56. The predicted molar refractivity (Wildman–Crippen MR) is 92.9 cm³/mol. The second kappa shape index (κ2) is 5.82. The topological polar surface area (TPSA) is 87.4 Å². The summed E-state index contributed by atoms with van der Waals surface area (Å²) in [5, 5.41) is 4.16. The van der Waals surface area contributed by atoms with E-state index in [0.717, 1.165) is 5.52 Å². The van der Waals surface area contributed by atoms with E-state index in [1.54, 1.807) is 24.5 Å².